The van der Waals surface area contributed by atoms with Gasteiger partial charge in [-0.15, -0.1) is 23.7 Å². The molecule has 1 aliphatic rings. The average Bonchev–Trinajstić information content (AvgIpc) is 3.00. The Balaban J connectivity index is 0.00000225. The molecule has 0 spiro atoms. The summed E-state index contributed by atoms with van der Waals surface area (Å²) in [6.45, 7) is 6.63. The Labute approximate surface area is 158 Å². The number of aromatic nitrogens is 1. The second-order valence-corrected chi connectivity index (χ2v) is 6.97. The fourth-order valence-corrected chi connectivity index (χ4v) is 3.23. The first kappa shape index (κ1) is 19.7. The number of hydrogen-bond acceptors (Lipinski definition) is 5. The van der Waals surface area contributed by atoms with Crippen LogP contribution in [0.1, 0.15) is 20.3 Å². The SMILES string of the molecule is CCCOc1ccc(-c2csc(NC(=O)C(C)C3CNC3)n2)cc1.Cl. The molecule has 1 saturated heterocycles. The standard InChI is InChI=1S/C18H23N3O2S.ClH/c1-3-8-23-15-6-4-13(5-7-15)16-11-24-18(20-16)21-17(22)12(2)14-9-19-10-14;/h4-7,11-12,14,19H,3,8-10H2,1-2H3,(H,20,21,22);1H. The minimum Gasteiger partial charge on any atom is -0.494 e. The minimum atomic E-state index is 0. The van der Waals surface area contributed by atoms with Crippen LogP contribution in [0.3, 0.4) is 0 Å². The third kappa shape index (κ3) is 4.93. The summed E-state index contributed by atoms with van der Waals surface area (Å²) in [5, 5.41) is 8.76. The molecule has 1 fully saturated rings. The summed E-state index contributed by atoms with van der Waals surface area (Å²) in [6.07, 6.45) is 0.992. The summed E-state index contributed by atoms with van der Waals surface area (Å²) in [5.41, 5.74) is 1.89. The highest BCUT2D eigenvalue weighted by molar-refractivity contribution is 7.14. The van der Waals surface area contributed by atoms with E-state index >= 15 is 0 Å². The second kappa shape index (κ2) is 9.17. The lowest BCUT2D eigenvalue weighted by Gasteiger charge is -2.31. The van der Waals surface area contributed by atoms with Gasteiger partial charge in [0, 0.05) is 16.9 Å². The molecule has 1 aromatic carbocycles. The number of nitrogens with one attached hydrogen (secondary N) is 2. The first-order valence-electron chi connectivity index (χ1n) is 8.37. The summed E-state index contributed by atoms with van der Waals surface area (Å²) in [6, 6.07) is 7.89. The molecule has 2 aromatic rings. The van der Waals surface area contributed by atoms with Crippen molar-refractivity contribution in [2.24, 2.45) is 11.8 Å². The molecule has 1 atom stereocenters. The highest BCUT2D eigenvalue weighted by Gasteiger charge is 2.29. The van der Waals surface area contributed by atoms with Crippen molar-refractivity contribution in [2.45, 2.75) is 20.3 Å². The molecule has 136 valence electrons. The highest BCUT2D eigenvalue weighted by atomic mass is 35.5. The first-order valence-corrected chi connectivity index (χ1v) is 9.25. The van der Waals surface area contributed by atoms with Crippen molar-refractivity contribution in [3.63, 3.8) is 0 Å². The van der Waals surface area contributed by atoms with Crippen molar-refractivity contribution in [2.75, 3.05) is 25.0 Å². The summed E-state index contributed by atoms with van der Waals surface area (Å²) >= 11 is 1.46. The molecule has 1 amide bonds. The number of halogens is 1. The fraction of sp³-hybridized carbons (Fsp3) is 0.444. The molecular weight excluding hydrogens is 358 g/mol. The van der Waals surface area contributed by atoms with Gasteiger partial charge in [0.25, 0.3) is 0 Å². The lowest BCUT2D eigenvalue weighted by molar-refractivity contribution is -0.121. The summed E-state index contributed by atoms with van der Waals surface area (Å²) < 4.78 is 5.59. The van der Waals surface area contributed by atoms with E-state index in [1.54, 1.807) is 0 Å². The van der Waals surface area contributed by atoms with Crippen LogP contribution in [-0.2, 0) is 4.79 Å². The molecule has 3 rings (SSSR count). The molecule has 0 radical (unpaired) electrons. The number of amides is 1. The average molecular weight is 382 g/mol. The monoisotopic (exact) mass is 381 g/mol. The predicted molar refractivity (Wildman–Crippen MR) is 105 cm³/mol. The fourth-order valence-electron chi connectivity index (χ4n) is 2.50. The van der Waals surface area contributed by atoms with Gasteiger partial charge in [-0.1, -0.05) is 13.8 Å². The summed E-state index contributed by atoms with van der Waals surface area (Å²) in [7, 11) is 0. The molecule has 2 N–H and O–H groups in total. The van der Waals surface area contributed by atoms with Crippen molar-refractivity contribution in [1.82, 2.24) is 10.3 Å². The van der Waals surface area contributed by atoms with Gasteiger partial charge in [-0.3, -0.25) is 4.79 Å². The second-order valence-electron chi connectivity index (χ2n) is 6.11. The maximum absolute atomic E-state index is 12.2. The van der Waals surface area contributed by atoms with Gasteiger partial charge < -0.3 is 15.4 Å². The number of ether oxygens (including phenoxy) is 1. The topological polar surface area (TPSA) is 63.2 Å². The Morgan fingerprint density at radius 3 is 2.72 bits per heavy atom. The molecule has 1 aliphatic heterocycles. The zero-order valence-corrected chi connectivity index (χ0v) is 16.1. The van der Waals surface area contributed by atoms with E-state index in [9.17, 15) is 4.79 Å². The van der Waals surface area contributed by atoms with Crippen LogP contribution in [-0.4, -0.2) is 30.6 Å². The zero-order valence-electron chi connectivity index (χ0n) is 14.5. The van der Waals surface area contributed by atoms with Crippen molar-refractivity contribution in [3.05, 3.63) is 29.6 Å². The molecule has 0 saturated carbocycles. The third-order valence-corrected chi connectivity index (χ3v) is 5.05. The zero-order chi connectivity index (χ0) is 16.9. The van der Waals surface area contributed by atoms with Crippen LogP contribution in [0, 0.1) is 11.8 Å². The van der Waals surface area contributed by atoms with Gasteiger partial charge in [-0.05, 0) is 49.7 Å². The first-order chi connectivity index (χ1) is 11.7. The number of hydrogen-bond donors (Lipinski definition) is 2. The number of carbonyl (C=O) groups excluding carboxylic acids is 1. The van der Waals surface area contributed by atoms with Crippen molar-refractivity contribution in [3.8, 4) is 17.0 Å². The Morgan fingerprint density at radius 1 is 1.40 bits per heavy atom. The Kier molecular flexibility index (Phi) is 7.23. The Morgan fingerprint density at radius 2 is 2.12 bits per heavy atom. The van der Waals surface area contributed by atoms with Crippen LogP contribution < -0.4 is 15.4 Å². The lowest BCUT2D eigenvalue weighted by atomic mass is 9.88. The van der Waals surface area contributed by atoms with Crippen LogP contribution in [0.25, 0.3) is 11.3 Å². The molecule has 2 heterocycles. The van der Waals surface area contributed by atoms with E-state index in [0.717, 1.165) is 43.1 Å². The summed E-state index contributed by atoms with van der Waals surface area (Å²) in [4.78, 5) is 16.8. The number of thiazole rings is 1. The van der Waals surface area contributed by atoms with Gasteiger partial charge in [0.1, 0.15) is 5.75 Å². The molecule has 1 aromatic heterocycles. The van der Waals surface area contributed by atoms with Gasteiger partial charge in [0.2, 0.25) is 5.91 Å². The van der Waals surface area contributed by atoms with E-state index in [1.165, 1.54) is 11.3 Å². The molecule has 5 nitrogen and oxygen atoms in total. The number of nitrogens with zero attached hydrogens (tertiary/aromatic N) is 1. The van der Waals surface area contributed by atoms with E-state index < -0.39 is 0 Å². The third-order valence-electron chi connectivity index (χ3n) is 4.29. The van der Waals surface area contributed by atoms with Gasteiger partial charge in [0.05, 0.1) is 12.3 Å². The normalized spacial score (nSPS) is 15.0. The van der Waals surface area contributed by atoms with Crippen molar-refractivity contribution < 1.29 is 9.53 Å². The number of benzene rings is 1. The van der Waals surface area contributed by atoms with Crippen LogP contribution in [0.5, 0.6) is 5.75 Å². The number of carbonyl (C=O) groups is 1. The molecule has 25 heavy (non-hydrogen) atoms. The quantitative estimate of drug-likeness (QED) is 0.765. The van der Waals surface area contributed by atoms with Crippen molar-refractivity contribution >= 4 is 34.8 Å². The largest absolute Gasteiger partial charge is 0.494 e. The van der Waals surface area contributed by atoms with Gasteiger partial charge in [0.15, 0.2) is 5.13 Å². The van der Waals surface area contributed by atoms with Crippen LogP contribution in [0.2, 0.25) is 0 Å². The molecule has 0 bridgehead atoms. The van der Waals surface area contributed by atoms with E-state index in [0.29, 0.717) is 11.0 Å². The van der Waals surface area contributed by atoms with Crippen LogP contribution >= 0.6 is 23.7 Å². The lowest BCUT2D eigenvalue weighted by Crippen LogP contribution is -2.48. The predicted octanol–water partition coefficient (Wildman–Crippen LogP) is 3.81. The Bertz CT molecular complexity index is 686. The minimum absolute atomic E-state index is 0. The molecule has 1 unspecified atom stereocenters. The van der Waals surface area contributed by atoms with E-state index in [1.807, 2.05) is 36.6 Å². The molecule has 7 heteroatoms. The van der Waals surface area contributed by atoms with E-state index in [4.69, 9.17) is 4.74 Å². The molecular formula is C18H24ClN3O2S. The van der Waals surface area contributed by atoms with Gasteiger partial charge >= 0.3 is 0 Å². The van der Waals surface area contributed by atoms with Gasteiger partial charge in [-0.2, -0.15) is 0 Å². The van der Waals surface area contributed by atoms with Crippen LogP contribution in [0.4, 0.5) is 5.13 Å². The van der Waals surface area contributed by atoms with E-state index in [-0.39, 0.29) is 24.2 Å². The number of rotatable bonds is 7. The van der Waals surface area contributed by atoms with E-state index in [2.05, 4.69) is 22.5 Å². The maximum Gasteiger partial charge on any atom is 0.229 e. The highest BCUT2D eigenvalue weighted by Crippen LogP contribution is 2.27. The van der Waals surface area contributed by atoms with Gasteiger partial charge in [-0.25, -0.2) is 4.98 Å². The number of anilines is 1. The van der Waals surface area contributed by atoms with Crippen molar-refractivity contribution in [1.29, 1.82) is 0 Å². The smallest absolute Gasteiger partial charge is 0.229 e. The Hall–Kier alpha value is -1.63. The maximum atomic E-state index is 12.2. The van der Waals surface area contributed by atoms with Crippen LogP contribution in [0.15, 0.2) is 29.6 Å². The summed E-state index contributed by atoms with van der Waals surface area (Å²) in [5.74, 6) is 1.35. The molecule has 0 aliphatic carbocycles.